The van der Waals surface area contributed by atoms with Gasteiger partial charge >= 0.3 is 0 Å². The number of anilines is 1. The van der Waals surface area contributed by atoms with Gasteiger partial charge in [-0.3, -0.25) is 9.20 Å². The maximum atomic E-state index is 12.7. The van der Waals surface area contributed by atoms with E-state index in [9.17, 15) is 13.2 Å². The fourth-order valence-electron chi connectivity index (χ4n) is 3.32. The lowest BCUT2D eigenvalue weighted by Gasteiger charge is -2.25. The van der Waals surface area contributed by atoms with Gasteiger partial charge in [0.2, 0.25) is 15.9 Å². The van der Waals surface area contributed by atoms with E-state index in [1.54, 1.807) is 31.2 Å². The van der Waals surface area contributed by atoms with Crippen LogP contribution in [0.4, 0.5) is 5.69 Å². The Morgan fingerprint density at radius 3 is 2.53 bits per heavy atom. The summed E-state index contributed by atoms with van der Waals surface area (Å²) < 4.78 is 28.8. The molecule has 4 rings (SSSR count). The van der Waals surface area contributed by atoms with E-state index in [4.69, 9.17) is 0 Å². The molecule has 1 fully saturated rings. The van der Waals surface area contributed by atoms with Gasteiger partial charge in [-0.25, -0.2) is 8.42 Å². The average Bonchev–Trinajstić information content (AvgIpc) is 3.17. The summed E-state index contributed by atoms with van der Waals surface area (Å²) in [5, 5.41) is 11.3. The summed E-state index contributed by atoms with van der Waals surface area (Å²) >= 11 is 1.31. The van der Waals surface area contributed by atoms with Gasteiger partial charge in [-0.05, 0) is 56.2 Å². The molecule has 0 spiro atoms. The van der Waals surface area contributed by atoms with Gasteiger partial charge in [-0.2, -0.15) is 4.31 Å². The van der Waals surface area contributed by atoms with Gasteiger partial charge in [-0.1, -0.05) is 24.2 Å². The van der Waals surface area contributed by atoms with Crippen LogP contribution >= 0.6 is 11.8 Å². The molecule has 158 valence electrons. The predicted octanol–water partition coefficient (Wildman–Crippen LogP) is 3.02. The van der Waals surface area contributed by atoms with Gasteiger partial charge in [0.15, 0.2) is 10.8 Å². The smallest absolute Gasteiger partial charge is 0.243 e. The number of carbonyl (C=O) groups is 1. The first-order valence-corrected chi connectivity index (χ1v) is 12.1. The predicted molar refractivity (Wildman–Crippen MR) is 116 cm³/mol. The average molecular weight is 446 g/mol. The number of rotatable bonds is 6. The van der Waals surface area contributed by atoms with Crippen molar-refractivity contribution in [2.24, 2.45) is 0 Å². The molecule has 0 bridgehead atoms. The number of nitrogens with zero attached hydrogens (tertiary/aromatic N) is 4. The minimum Gasteiger partial charge on any atom is -0.325 e. The van der Waals surface area contributed by atoms with Crippen molar-refractivity contribution in [3.05, 3.63) is 48.7 Å². The van der Waals surface area contributed by atoms with Crippen LogP contribution in [0.5, 0.6) is 0 Å². The highest BCUT2D eigenvalue weighted by Gasteiger charge is 2.26. The molecule has 1 saturated heterocycles. The lowest BCUT2D eigenvalue weighted by Crippen LogP contribution is -2.35. The molecule has 0 radical (unpaired) electrons. The maximum absolute atomic E-state index is 12.7. The Kier molecular flexibility index (Phi) is 6.07. The van der Waals surface area contributed by atoms with Crippen LogP contribution in [0.15, 0.2) is 58.7 Å². The Bertz CT molecular complexity index is 1140. The fourth-order valence-corrected chi connectivity index (χ4v) is 5.68. The van der Waals surface area contributed by atoms with Crippen LogP contribution in [0.25, 0.3) is 5.65 Å². The number of amides is 1. The molecule has 0 aliphatic carbocycles. The van der Waals surface area contributed by atoms with Crippen molar-refractivity contribution in [3.8, 4) is 0 Å². The molecule has 1 amide bonds. The Balaban J connectivity index is 1.40. The molecule has 8 nitrogen and oxygen atoms in total. The number of sulfonamides is 1. The number of thioether (sulfide) groups is 1. The third-order valence-corrected chi connectivity index (χ3v) is 7.98. The zero-order valence-corrected chi connectivity index (χ0v) is 18.2. The van der Waals surface area contributed by atoms with Crippen LogP contribution in [-0.4, -0.2) is 51.6 Å². The van der Waals surface area contributed by atoms with Crippen LogP contribution in [0.1, 0.15) is 26.2 Å². The number of hydrogen-bond acceptors (Lipinski definition) is 6. The standard InChI is InChI=1S/C20H23N5O3S2/c1-15(29-20-23-22-18-7-3-6-14-25(18)20)19(26)21-16-8-10-17(11-9-16)30(27,28)24-12-4-2-5-13-24/h3,6-11,14-15H,2,4-5,12-13H2,1H3,(H,21,26). The summed E-state index contributed by atoms with van der Waals surface area (Å²) in [4.78, 5) is 12.8. The first kappa shape index (κ1) is 20.8. The van der Waals surface area contributed by atoms with E-state index in [0.29, 0.717) is 23.9 Å². The normalized spacial score (nSPS) is 16.4. The molecule has 1 aliphatic rings. The van der Waals surface area contributed by atoms with E-state index in [1.165, 1.54) is 16.1 Å². The van der Waals surface area contributed by atoms with Gasteiger partial charge in [0, 0.05) is 25.0 Å². The minimum absolute atomic E-state index is 0.195. The van der Waals surface area contributed by atoms with Crippen molar-refractivity contribution >= 4 is 39.0 Å². The zero-order valence-electron chi connectivity index (χ0n) is 16.6. The molecular weight excluding hydrogens is 422 g/mol. The van der Waals surface area contributed by atoms with E-state index in [-0.39, 0.29) is 10.8 Å². The number of aromatic nitrogens is 3. The van der Waals surface area contributed by atoms with E-state index < -0.39 is 15.3 Å². The van der Waals surface area contributed by atoms with Crippen LogP contribution in [-0.2, 0) is 14.8 Å². The van der Waals surface area contributed by atoms with E-state index in [1.807, 2.05) is 28.8 Å². The quantitative estimate of drug-likeness (QED) is 0.586. The van der Waals surface area contributed by atoms with Crippen molar-refractivity contribution in [3.63, 3.8) is 0 Å². The van der Waals surface area contributed by atoms with Crippen LogP contribution in [0, 0.1) is 0 Å². The highest BCUT2D eigenvalue weighted by atomic mass is 32.2. The maximum Gasteiger partial charge on any atom is 0.243 e. The minimum atomic E-state index is -3.48. The lowest BCUT2D eigenvalue weighted by atomic mass is 10.2. The summed E-state index contributed by atoms with van der Waals surface area (Å²) in [6.07, 6.45) is 4.70. The SMILES string of the molecule is CC(Sc1nnc2ccccn12)C(=O)Nc1ccc(S(=O)(=O)N2CCCCC2)cc1. The van der Waals surface area contributed by atoms with E-state index >= 15 is 0 Å². The number of pyridine rings is 1. The van der Waals surface area contributed by atoms with Gasteiger partial charge in [0.1, 0.15) is 0 Å². The van der Waals surface area contributed by atoms with Crippen molar-refractivity contribution < 1.29 is 13.2 Å². The molecule has 0 saturated carbocycles. The number of carbonyl (C=O) groups excluding carboxylic acids is 1. The Morgan fingerprint density at radius 2 is 1.80 bits per heavy atom. The molecular formula is C20H23N5O3S2. The number of benzene rings is 1. The Labute approximate surface area is 179 Å². The van der Waals surface area contributed by atoms with Gasteiger partial charge in [-0.15, -0.1) is 10.2 Å². The van der Waals surface area contributed by atoms with Gasteiger partial charge < -0.3 is 5.32 Å². The van der Waals surface area contributed by atoms with Crippen molar-refractivity contribution in [1.29, 1.82) is 0 Å². The highest BCUT2D eigenvalue weighted by molar-refractivity contribution is 8.00. The molecule has 1 unspecified atom stereocenters. The first-order chi connectivity index (χ1) is 14.4. The molecule has 1 aromatic carbocycles. The molecule has 10 heteroatoms. The summed E-state index contributed by atoms with van der Waals surface area (Å²) in [6.45, 7) is 2.92. The van der Waals surface area contributed by atoms with Crippen LogP contribution in [0.2, 0.25) is 0 Å². The second-order valence-electron chi connectivity index (χ2n) is 7.15. The third kappa shape index (κ3) is 4.35. The summed E-state index contributed by atoms with van der Waals surface area (Å²) in [6, 6.07) is 11.9. The molecule has 3 aromatic rings. The number of nitrogens with one attached hydrogen (secondary N) is 1. The summed E-state index contributed by atoms with van der Waals surface area (Å²) in [5.74, 6) is -0.195. The largest absolute Gasteiger partial charge is 0.325 e. The molecule has 3 heterocycles. The zero-order chi connectivity index (χ0) is 21.1. The molecule has 1 aliphatic heterocycles. The number of hydrogen-bond donors (Lipinski definition) is 1. The van der Waals surface area contributed by atoms with E-state index in [0.717, 1.165) is 24.9 Å². The van der Waals surface area contributed by atoms with Crippen molar-refractivity contribution in [1.82, 2.24) is 18.9 Å². The summed E-state index contributed by atoms with van der Waals surface area (Å²) in [7, 11) is -3.48. The third-order valence-electron chi connectivity index (χ3n) is 5.01. The fraction of sp³-hybridized carbons (Fsp3) is 0.350. The van der Waals surface area contributed by atoms with Crippen molar-refractivity contribution in [2.75, 3.05) is 18.4 Å². The van der Waals surface area contributed by atoms with Crippen molar-refractivity contribution in [2.45, 2.75) is 41.5 Å². The Hall–Kier alpha value is -2.43. The first-order valence-electron chi connectivity index (χ1n) is 9.83. The van der Waals surface area contributed by atoms with Gasteiger partial charge in [0.05, 0.1) is 10.1 Å². The number of fused-ring (bicyclic) bond motifs is 1. The highest BCUT2D eigenvalue weighted by Crippen LogP contribution is 2.25. The number of piperidine rings is 1. The monoisotopic (exact) mass is 445 g/mol. The van der Waals surface area contributed by atoms with E-state index in [2.05, 4.69) is 15.5 Å². The molecule has 30 heavy (non-hydrogen) atoms. The lowest BCUT2D eigenvalue weighted by molar-refractivity contribution is -0.115. The topological polar surface area (TPSA) is 96.7 Å². The van der Waals surface area contributed by atoms with Crippen LogP contribution in [0.3, 0.4) is 0 Å². The second kappa shape index (κ2) is 8.75. The summed E-state index contributed by atoms with van der Waals surface area (Å²) in [5.41, 5.74) is 1.27. The molecule has 2 aromatic heterocycles. The van der Waals surface area contributed by atoms with Crippen LogP contribution < -0.4 is 5.32 Å². The van der Waals surface area contributed by atoms with Gasteiger partial charge in [0.25, 0.3) is 0 Å². The molecule has 1 N–H and O–H groups in total. The Morgan fingerprint density at radius 1 is 1.07 bits per heavy atom. The molecule has 1 atom stereocenters. The second-order valence-corrected chi connectivity index (χ2v) is 10.4.